The van der Waals surface area contributed by atoms with Crippen molar-refractivity contribution in [1.82, 2.24) is 4.90 Å². The molecular weight excluding hydrogens is 463 g/mol. The van der Waals surface area contributed by atoms with Crippen LogP contribution in [0.15, 0.2) is 53.2 Å². The lowest BCUT2D eigenvalue weighted by Crippen LogP contribution is -2.37. The van der Waals surface area contributed by atoms with Crippen LogP contribution in [0.3, 0.4) is 0 Å². The number of rotatable bonds is 2. The van der Waals surface area contributed by atoms with Crippen molar-refractivity contribution in [3.05, 3.63) is 73.5 Å². The Balaban J connectivity index is 1.68. The van der Waals surface area contributed by atoms with Crippen LogP contribution in [-0.4, -0.2) is 23.3 Å². The lowest BCUT2D eigenvalue weighted by molar-refractivity contribution is -0.121. The van der Waals surface area contributed by atoms with Crippen LogP contribution in [0.4, 0.5) is 5.69 Å². The van der Waals surface area contributed by atoms with E-state index in [0.717, 1.165) is 15.6 Å². The van der Waals surface area contributed by atoms with Gasteiger partial charge >= 0.3 is 0 Å². The van der Waals surface area contributed by atoms with Gasteiger partial charge in [-0.25, -0.2) is 4.90 Å². The second-order valence-corrected chi connectivity index (χ2v) is 8.10. The monoisotopic (exact) mass is 478 g/mol. The average Bonchev–Trinajstić information content (AvgIpc) is 2.84. The van der Waals surface area contributed by atoms with Gasteiger partial charge in [-0.05, 0) is 70.8 Å². The van der Waals surface area contributed by atoms with Gasteiger partial charge in [-0.15, -0.1) is 0 Å². The molecule has 4 nitrogen and oxygen atoms in total. The average molecular weight is 479 g/mol. The summed E-state index contributed by atoms with van der Waals surface area (Å²) in [6.07, 6.45) is 0.827. The van der Waals surface area contributed by atoms with Gasteiger partial charge in [-0.1, -0.05) is 35.9 Å². The van der Waals surface area contributed by atoms with Crippen molar-refractivity contribution in [3.63, 3.8) is 0 Å². The summed E-state index contributed by atoms with van der Waals surface area (Å²) in [5, 5.41) is 0.00679. The number of halogens is 2. The SMILES string of the molecule is Cc1cc(I)ccc1N1C(=O)C(Cl)=C(N2CCc3ccccc3C2)C1=O. The summed E-state index contributed by atoms with van der Waals surface area (Å²) in [6.45, 7) is 3.14. The van der Waals surface area contributed by atoms with E-state index < -0.39 is 5.91 Å². The number of hydrogen-bond acceptors (Lipinski definition) is 3. The van der Waals surface area contributed by atoms with Gasteiger partial charge in [-0.3, -0.25) is 9.59 Å². The van der Waals surface area contributed by atoms with Gasteiger partial charge in [0.2, 0.25) is 0 Å². The van der Waals surface area contributed by atoms with Crippen LogP contribution in [0.5, 0.6) is 0 Å². The molecule has 0 saturated heterocycles. The van der Waals surface area contributed by atoms with Gasteiger partial charge in [0.1, 0.15) is 10.7 Å². The van der Waals surface area contributed by atoms with E-state index in [4.69, 9.17) is 11.6 Å². The molecule has 6 heteroatoms. The van der Waals surface area contributed by atoms with Crippen LogP contribution in [-0.2, 0) is 22.6 Å². The van der Waals surface area contributed by atoms with Crippen molar-refractivity contribution in [1.29, 1.82) is 0 Å². The zero-order chi connectivity index (χ0) is 18.4. The van der Waals surface area contributed by atoms with Gasteiger partial charge < -0.3 is 4.90 Å². The van der Waals surface area contributed by atoms with Crippen LogP contribution in [0.25, 0.3) is 0 Å². The number of aryl methyl sites for hydroxylation is 1. The number of benzene rings is 2. The molecule has 0 aliphatic carbocycles. The van der Waals surface area contributed by atoms with Gasteiger partial charge in [-0.2, -0.15) is 0 Å². The Morgan fingerprint density at radius 3 is 2.50 bits per heavy atom. The first kappa shape index (κ1) is 17.5. The van der Waals surface area contributed by atoms with Gasteiger partial charge in [0.25, 0.3) is 11.8 Å². The molecule has 2 aromatic rings. The minimum atomic E-state index is -0.449. The highest BCUT2D eigenvalue weighted by Gasteiger charge is 2.42. The molecule has 2 amide bonds. The molecule has 2 aromatic carbocycles. The molecule has 26 heavy (non-hydrogen) atoms. The molecule has 132 valence electrons. The predicted molar refractivity (Wildman–Crippen MR) is 110 cm³/mol. The summed E-state index contributed by atoms with van der Waals surface area (Å²) in [7, 11) is 0. The van der Waals surface area contributed by atoms with Crippen LogP contribution in [0, 0.1) is 10.5 Å². The molecule has 0 bridgehead atoms. The Kier molecular flexibility index (Phi) is 4.52. The maximum atomic E-state index is 13.1. The molecule has 2 aliphatic rings. The highest BCUT2D eigenvalue weighted by molar-refractivity contribution is 14.1. The van der Waals surface area contributed by atoms with E-state index in [2.05, 4.69) is 34.7 Å². The van der Waals surface area contributed by atoms with Crippen molar-refractivity contribution < 1.29 is 9.59 Å². The van der Waals surface area contributed by atoms with E-state index in [0.29, 0.717) is 24.5 Å². The molecule has 0 radical (unpaired) electrons. The lowest BCUT2D eigenvalue weighted by Gasteiger charge is -2.31. The van der Waals surface area contributed by atoms with E-state index in [-0.39, 0.29) is 10.9 Å². The molecule has 0 N–H and O–H groups in total. The molecular formula is C20H16ClIN2O2. The molecule has 0 saturated carbocycles. The summed E-state index contributed by atoms with van der Waals surface area (Å²) < 4.78 is 1.05. The lowest BCUT2D eigenvalue weighted by atomic mass is 9.99. The Labute approximate surface area is 170 Å². The third kappa shape index (κ3) is 2.83. The summed E-state index contributed by atoms with van der Waals surface area (Å²) in [6, 6.07) is 13.8. The Bertz CT molecular complexity index is 970. The van der Waals surface area contributed by atoms with Crippen molar-refractivity contribution in [3.8, 4) is 0 Å². The third-order valence-corrected chi connectivity index (χ3v) is 5.86. The minimum Gasteiger partial charge on any atom is -0.361 e. The van der Waals surface area contributed by atoms with E-state index in [1.54, 1.807) is 6.07 Å². The zero-order valence-corrected chi connectivity index (χ0v) is 17.0. The van der Waals surface area contributed by atoms with Gasteiger partial charge in [0, 0.05) is 16.7 Å². The topological polar surface area (TPSA) is 40.6 Å². The summed E-state index contributed by atoms with van der Waals surface area (Å²) in [5.41, 5.74) is 4.21. The van der Waals surface area contributed by atoms with Gasteiger partial charge in [0.15, 0.2) is 0 Å². The molecule has 2 heterocycles. The highest BCUT2D eigenvalue weighted by atomic mass is 127. The summed E-state index contributed by atoms with van der Waals surface area (Å²) in [4.78, 5) is 29.0. The quantitative estimate of drug-likeness (QED) is 0.484. The molecule has 0 spiro atoms. The van der Waals surface area contributed by atoms with Crippen molar-refractivity contribution in [2.45, 2.75) is 19.9 Å². The van der Waals surface area contributed by atoms with E-state index >= 15 is 0 Å². The number of carbonyl (C=O) groups is 2. The number of fused-ring (bicyclic) bond motifs is 1. The molecule has 0 fully saturated rings. The largest absolute Gasteiger partial charge is 0.361 e. The normalized spacial score (nSPS) is 17.2. The van der Waals surface area contributed by atoms with Crippen molar-refractivity contribution >= 4 is 51.7 Å². The smallest absolute Gasteiger partial charge is 0.283 e. The van der Waals surface area contributed by atoms with Crippen molar-refractivity contribution in [2.75, 3.05) is 11.4 Å². The molecule has 0 unspecified atom stereocenters. The van der Waals surface area contributed by atoms with Crippen LogP contribution in [0.2, 0.25) is 0 Å². The fraction of sp³-hybridized carbons (Fsp3) is 0.200. The van der Waals surface area contributed by atoms with E-state index in [9.17, 15) is 9.59 Å². The van der Waals surface area contributed by atoms with Crippen molar-refractivity contribution in [2.24, 2.45) is 0 Å². The first-order valence-electron chi connectivity index (χ1n) is 8.34. The minimum absolute atomic E-state index is 0.00679. The number of imide groups is 1. The van der Waals surface area contributed by atoms with E-state index in [1.807, 2.05) is 36.1 Å². The third-order valence-electron chi connectivity index (χ3n) is 4.85. The second kappa shape index (κ2) is 6.70. The van der Waals surface area contributed by atoms with Crippen LogP contribution >= 0.6 is 34.2 Å². The molecule has 0 atom stereocenters. The standard InChI is InChI=1S/C20H16ClIN2O2/c1-12-10-15(22)6-7-16(12)24-19(25)17(21)18(20(24)26)23-9-8-13-4-2-3-5-14(13)11-23/h2-7,10H,8-9,11H2,1H3. The number of carbonyl (C=O) groups excluding carboxylic acids is 2. The molecule has 0 aromatic heterocycles. The highest BCUT2D eigenvalue weighted by Crippen LogP contribution is 2.35. The maximum Gasteiger partial charge on any atom is 0.283 e. The van der Waals surface area contributed by atoms with Gasteiger partial charge in [0.05, 0.1) is 5.69 Å². The van der Waals surface area contributed by atoms with E-state index in [1.165, 1.54) is 16.0 Å². The van der Waals surface area contributed by atoms with Crippen LogP contribution in [0.1, 0.15) is 16.7 Å². The molecule has 4 rings (SSSR count). The number of hydrogen-bond donors (Lipinski definition) is 0. The Morgan fingerprint density at radius 2 is 1.77 bits per heavy atom. The Hall–Kier alpha value is -1.86. The zero-order valence-electron chi connectivity index (χ0n) is 14.1. The number of nitrogens with zero attached hydrogens (tertiary/aromatic N) is 2. The number of amides is 2. The molecule has 2 aliphatic heterocycles. The summed E-state index contributed by atoms with van der Waals surface area (Å²) in [5.74, 6) is -0.793. The first-order chi connectivity index (χ1) is 12.5. The number of anilines is 1. The fourth-order valence-electron chi connectivity index (χ4n) is 3.54. The summed E-state index contributed by atoms with van der Waals surface area (Å²) >= 11 is 8.54. The predicted octanol–water partition coefficient (Wildman–Crippen LogP) is 3.98. The fourth-order valence-corrected chi connectivity index (χ4v) is 4.47. The Morgan fingerprint density at radius 1 is 1.04 bits per heavy atom. The first-order valence-corrected chi connectivity index (χ1v) is 9.79. The maximum absolute atomic E-state index is 13.1. The second-order valence-electron chi connectivity index (χ2n) is 6.48. The van der Waals surface area contributed by atoms with Crippen LogP contribution < -0.4 is 4.90 Å².